The summed E-state index contributed by atoms with van der Waals surface area (Å²) in [4.78, 5) is 12.0. The van der Waals surface area contributed by atoms with Gasteiger partial charge in [0.25, 0.3) is 0 Å². The number of Topliss-reactive ketones (excluding diaryl/α,β-unsaturated/α-hetero) is 1. The van der Waals surface area contributed by atoms with Gasteiger partial charge in [-0.2, -0.15) is 0 Å². The van der Waals surface area contributed by atoms with Gasteiger partial charge in [-0.15, -0.1) is 0 Å². The quantitative estimate of drug-likeness (QED) is 0.757. The average molecular weight is 334 g/mol. The van der Waals surface area contributed by atoms with Crippen LogP contribution >= 0.6 is 39.1 Å². The number of rotatable bonds is 3. The molecule has 2 nitrogen and oxygen atoms in total. The van der Waals surface area contributed by atoms with Crippen molar-refractivity contribution in [1.82, 2.24) is 0 Å². The highest BCUT2D eigenvalue weighted by molar-refractivity contribution is 9.10. The van der Waals surface area contributed by atoms with Gasteiger partial charge in [-0.1, -0.05) is 29.3 Å². The molecule has 0 aliphatic carbocycles. The van der Waals surface area contributed by atoms with Gasteiger partial charge in [0.1, 0.15) is 0 Å². The summed E-state index contributed by atoms with van der Waals surface area (Å²) in [6.45, 7) is 0. The third-order valence-electron chi connectivity index (χ3n) is 2.32. The van der Waals surface area contributed by atoms with Gasteiger partial charge in [0.15, 0.2) is 10.5 Å². The Morgan fingerprint density at radius 2 is 1.88 bits per heavy atom. The molecule has 0 bridgehead atoms. The number of carbonyl (C=O) groups excluding carboxylic acids is 1. The molecule has 0 aliphatic rings. The normalized spacial score (nSPS) is 10.5. The van der Waals surface area contributed by atoms with Crippen molar-refractivity contribution < 1.29 is 9.21 Å². The van der Waals surface area contributed by atoms with Crippen molar-refractivity contribution in [3.8, 4) is 0 Å². The number of ketones is 1. The van der Waals surface area contributed by atoms with Crippen molar-refractivity contribution in [2.75, 3.05) is 0 Å². The van der Waals surface area contributed by atoms with Gasteiger partial charge < -0.3 is 4.42 Å². The van der Waals surface area contributed by atoms with Gasteiger partial charge in [-0.05, 0) is 39.7 Å². The van der Waals surface area contributed by atoms with E-state index in [9.17, 15) is 4.79 Å². The molecule has 2 aromatic rings. The van der Waals surface area contributed by atoms with Crippen molar-refractivity contribution >= 4 is 44.9 Å². The summed E-state index contributed by atoms with van der Waals surface area (Å²) in [5.74, 6) is -0.0966. The second-order valence-corrected chi connectivity index (χ2v) is 4.94. The van der Waals surface area contributed by atoms with E-state index in [0.29, 0.717) is 25.8 Å². The molecule has 0 saturated carbocycles. The second-order valence-electron chi connectivity index (χ2n) is 3.41. The number of benzene rings is 1. The molecule has 0 fully saturated rings. The summed E-state index contributed by atoms with van der Waals surface area (Å²) in [5.41, 5.74) is 1.12. The molecule has 17 heavy (non-hydrogen) atoms. The summed E-state index contributed by atoms with van der Waals surface area (Å²) in [6, 6.07) is 6.77. The first kappa shape index (κ1) is 12.7. The van der Waals surface area contributed by atoms with Crippen molar-refractivity contribution in [3.63, 3.8) is 0 Å². The van der Waals surface area contributed by atoms with Crippen molar-refractivity contribution in [1.29, 1.82) is 0 Å². The maximum Gasteiger partial charge on any atom is 0.179 e. The van der Waals surface area contributed by atoms with Crippen molar-refractivity contribution in [2.45, 2.75) is 6.42 Å². The van der Waals surface area contributed by atoms with E-state index >= 15 is 0 Å². The van der Waals surface area contributed by atoms with Crippen LogP contribution in [0, 0.1) is 0 Å². The van der Waals surface area contributed by atoms with Crippen LogP contribution in [0.1, 0.15) is 15.9 Å². The smallest absolute Gasteiger partial charge is 0.179 e. The minimum Gasteiger partial charge on any atom is -0.457 e. The summed E-state index contributed by atoms with van der Waals surface area (Å²) in [7, 11) is 0. The van der Waals surface area contributed by atoms with E-state index in [1.165, 1.54) is 6.26 Å². The number of halogens is 3. The fraction of sp³-hybridized carbons (Fsp3) is 0.0833. The number of furan rings is 1. The number of hydrogen-bond donors (Lipinski definition) is 0. The minimum atomic E-state index is -0.0966. The SMILES string of the molecule is O=C(Cc1c(Cl)cccc1Cl)c1ccoc1Br. The van der Waals surface area contributed by atoms with E-state index in [4.69, 9.17) is 27.6 Å². The van der Waals surface area contributed by atoms with E-state index in [0.717, 1.165) is 0 Å². The van der Waals surface area contributed by atoms with E-state index in [1.807, 2.05) is 0 Å². The zero-order chi connectivity index (χ0) is 12.4. The molecule has 1 aromatic carbocycles. The molecule has 5 heteroatoms. The first-order valence-corrected chi connectivity index (χ1v) is 6.33. The van der Waals surface area contributed by atoms with Crippen molar-refractivity contribution in [3.05, 3.63) is 56.4 Å². The molecule has 0 saturated heterocycles. The van der Waals surface area contributed by atoms with Crippen molar-refractivity contribution in [2.24, 2.45) is 0 Å². The number of hydrogen-bond acceptors (Lipinski definition) is 2. The summed E-state index contributed by atoms with van der Waals surface area (Å²) < 4.78 is 5.44. The molecule has 0 unspecified atom stereocenters. The molecule has 0 amide bonds. The lowest BCUT2D eigenvalue weighted by atomic mass is 10.1. The maximum atomic E-state index is 12.0. The largest absolute Gasteiger partial charge is 0.457 e. The Morgan fingerprint density at radius 1 is 1.24 bits per heavy atom. The van der Waals surface area contributed by atoms with E-state index in [1.54, 1.807) is 24.3 Å². The summed E-state index contributed by atoms with van der Waals surface area (Å²) >= 11 is 15.2. The third kappa shape index (κ3) is 2.73. The first-order chi connectivity index (χ1) is 8.09. The molecular weight excluding hydrogens is 327 g/mol. The first-order valence-electron chi connectivity index (χ1n) is 4.78. The standard InChI is InChI=1S/C12H7BrCl2O2/c13-12-7(4-5-17-12)11(16)6-8-9(14)2-1-3-10(8)15/h1-5H,6H2. The lowest BCUT2D eigenvalue weighted by Crippen LogP contribution is -2.04. The average Bonchev–Trinajstić information content (AvgIpc) is 2.70. The lowest BCUT2D eigenvalue weighted by molar-refractivity contribution is 0.0991. The molecular formula is C12H7BrCl2O2. The van der Waals surface area contributed by atoms with Crippen LogP contribution in [0.2, 0.25) is 10.0 Å². The highest BCUT2D eigenvalue weighted by Gasteiger charge is 2.16. The summed E-state index contributed by atoms with van der Waals surface area (Å²) in [5, 5.41) is 0.982. The van der Waals surface area contributed by atoms with Crippen LogP contribution in [0.3, 0.4) is 0 Å². The van der Waals surface area contributed by atoms with Crippen LogP contribution in [0.5, 0.6) is 0 Å². The zero-order valence-corrected chi connectivity index (χ0v) is 11.6. The van der Waals surface area contributed by atoms with Gasteiger partial charge in [0.05, 0.1) is 11.8 Å². The third-order valence-corrected chi connectivity index (χ3v) is 3.64. The Labute approximate surface area is 117 Å². The van der Waals surface area contributed by atoms with Crippen LogP contribution in [0.15, 0.2) is 39.6 Å². The van der Waals surface area contributed by atoms with Gasteiger partial charge in [-0.3, -0.25) is 4.79 Å². The Hall–Kier alpha value is -0.770. The highest BCUT2D eigenvalue weighted by atomic mass is 79.9. The van der Waals surface area contributed by atoms with Gasteiger partial charge >= 0.3 is 0 Å². The molecule has 88 valence electrons. The Morgan fingerprint density at radius 3 is 2.41 bits per heavy atom. The van der Waals surface area contributed by atoms with Gasteiger partial charge in [-0.25, -0.2) is 0 Å². The van der Waals surface area contributed by atoms with Gasteiger partial charge in [0.2, 0.25) is 0 Å². The molecule has 0 spiro atoms. The minimum absolute atomic E-state index is 0.0966. The molecule has 2 rings (SSSR count). The fourth-order valence-corrected chi connectivity index (χ4v) is 2.44. The molecule has 0 aliphatic heterocycles. The molecule has 1 aromatic heterocycles. The second kappa shape index (κ2) is 5.25. The Bertz CT molecular complexity index is 543. The fourth-order valence-electron chi connectivity index (χ4n) is 1.45. The van der Waals surface area contributed by atoms with E-state index in [2.05, 4.69) is 15.9 Å². The van der Waals surface area contributed by atoms with E-state index in [-0.39, 0.29) is 12.2 Å². The zero-order valence-electron chi connectivity index (χ0n) is 8.54. The van der Waals surface area contributed by atoms with E-state index < -0.39 is 0 Å². The Balaban J connectivity index is 2.28. The predicted molar refractivity (Wildman–Crippen MR) is 70.9 cm³/mol. The lowest BCUT2D eigenvalue weighted by Gasteiger charge is -2.05. The summed E-state index contributed by atoms with van der Waals surface area (Å²) in [6.07, 6.45) is 1.60. The molecule has 0 atom stereocenters. The van der Waals surface area contributed by atoms with Crippen LogP contribution in [0.4, 0.5) is 0 Å². The molecule has 0 radical (unpaired) electrons. The Kier molecular flexibility index (Phi) is 3.92. The van der Waals surface area contributed by atoms with Crippen LogP contribution in [0.25, 0.3) is 0 Å². The highest BCUT2D eigenvalue weighted by Crippen LogP contribution is 2.27. The van der Waals surface area contributed by atoms with Crippen LogP contribution in [-0.4, -0.2) is 5.78 Å². The molecule has 0 N–H and O–H groups in total. The predicted octanol–water partition coefficient (Wildman–Crippen LogP) is 4.77. The van der Waals surface area contributed by atoms with Gasteiger partial charge in [0, 0.05) is 16.5 Å². The topological polar surface area (TPSA) is 30.2 Å². The maximum absolute atomic E-state index is 12.0. The monoisotopic (exact) mass is 332 g/mol. The molecule has 1 heterocycles. The number of carbonyl (C=O) groups is 1. The van der Waals surface area contributed by atoms with Crippen LogP contribution in [-0.2, 0) is 6.42 Å². The van der Waals surface area contributed by atoms with Crippen LogP contribution < -0.4 is 0 Å².